The standard InChI is InChI=1S/C43H46N2.CH2O/c1-7-44(8-2)42-23-15-21-34(30(42)5)40-27-25-32(36-17-11-13-19-38(36)40)29-33-26-28-41(39-20-14-12-18-37(33)39)35-22-16-24-43(31(35)6)45(9-3)10-4;1-2/h11-28H,7-10,29H2,1-6H3;1H2. The molecule has 3 heteroatoms. The van der Waals surface area contributed by atoms with Gasteiger partial charge in [-0.25, -0.2) is 0 Å². The summed E-state index contributed by atoms with van der Waals surface area (Å²) in [6.07, 6.45) is 0.887. The fourth-order valence-electron chi connectivity index (χ4n) is 7.35. The Morgan fingerprint density at radius 2 is 0.787 bits per heavy atom. The topological polar surface area (TPSA) is 23.6 Å². The van der Waals surface area contributed by atoms with Crippen LogP contribution < -0.4 is 9.80 Å². The zero-order valence-electron chi connectivity index (χ0n) is 28.9. The van der Waals surface area contributed by atoms with Crippen LogP contribution in [0.1, 0.15) is 49.9 Å². The van der Waals surface area contributed by atoms with Crippen LogP contribution in [0.5, 0.6) is 0 Å². The van der Waals surface area contributed by atoms with Gasteiger partial charge in [0.25, 0.3) is 0 Å². The van der Waals surface area contributed by atoms with Crippen LogP contribution in [0, 0.1) is 13.8 Å². The zero-order valence-corrected chi connectivity index (χ0v) is 28.9. The first-order valence-corrected chi connectivity index (χ1v) is 17.0. The predicted molar refractivity (Wildman–Crippen MR) is 205 cm³/mol. The molecule has 3 nitrogen and oxygen atoms in total. The molecule has 0 heterocycles. The Morgan fingerprint density at radius 3 is 1.15 bits per heavy atom. The minimum Gasteiger partial charge on any atom is -0.372 e. The van der Waals surface area contributed by atoms with Gasteiger partial charge in [0.05, 0.1) is 0 Å². The average Bonchev–Trinajstić information content (AvgIpc) is 3.12. The smallest absolute Gasteiger partial charge is 0.106 e. The fraction of sp³-hybridized carbons (Fsp3) is 0.250. The van der Waals surface area contributed by atoms with Crippen LogP contribution in [0.25, 0.3) is 43.8 Å². The van der Waals surface area contributed by atoms with Crippen LogP contribution in [0.3, 0.4) is 0 Å². The van der Waals surface area contributed by atoms with Crippen molar-refractivity contribution in [1.82, 2.24) is 0 Å². The first-order chi connectivity index (χ1) is 23.0. The monoisotopic (exact) mass is 620 g/mol. The second kappa shape index (κ2) is 15.1. The Morgan fingerprint density at radius 1 is 0.426 bits per heavy atom. The van der Waals surface area contributed by atoms with Gasteiger partial charge in [-0.3, -0.25) is 0 Å². The van der Waals surface area contributed by atoms with E-state index < -0.39 is 0 Å². The number of carbonyl (C=O) groups is 1. The summed E-state index contributed by atoms with van der Waals surface area (Å²) in [5, 5.41) is 5.30. The normalized spacial score (nSPS) is 10.9. The molecule has 0 spiro atoms. The molecular weight excluding hydrogens is 572 g/mol. The van der Waals surface area contributed by atoms with Crippen molar-refractivity contribution in [2.24, 2.45) is 0 Å². The van der Waals surface area contributed by atoms with Gasteiger partial charge in [0.15, 0.2) is 0 Å². The molecule has 0 aliphatic carbocycles. The maximum absolute atomic E-state index is 8.00. The van der Waals surface area contributed by atoms with E-state index >= 15 is 0 Å². The highest BCUT2D eigenvalue weighted by atomic mass is 16.1. The number of anilines is 2. The first-order valence-electron chi connectivity index (χ1n) is 17.0. The summed E-state index contributed by atoms with van der Waals surface area (Å²) in [5.74, 6) is 0. The van der Waals surface area contributed by atoms with Gasteiger partial charge in [-0.05, 0) is 126 Å². The minimum absolute atomic E-state index is 0.887. The van der Waals surface area contributed by atoms with Crippen LogP contribution >= 0.6 is 0 Å². The lowest BCUT2D eigenvalue weighted by molar-refractivity contribution is -0.0980. The fourth-order valence-corrected chi connectivity index (χ4v) is 7.35. The predicted octanol–water partition coefficient (Wildman–Crippen LogP) is 11.0. The molecule has 47 heavy (non-hydrogen) atoms. The second-order valence-corrected chi connectivity index (χ2v) is 12.1. The van der Waals surface area contributed by atoms with E-state index in [1.807, 2.05) is 6.79 Å². The van der Waals surface area contributed by atoms with Gasteiger partial charge < -0.3 is 14.6 Å². The molecule has 0 amide bonds. The number of nitrogens with zero attached hydrogens (tertiary/aromatic N) is 2. The Labute approximate surface area is 281 Å². The van der Waals surface area contributed by atoms with E-state index in [4.69, 9.17) is 4.79 Å². The van der Waals surface area contributed by atoms with Gasteiger partial charge in [-0.1, -0.05) is 97.1 Å². The van der Waals surface area contributed by atoms with E-state index in [0.717, 1.165) is 32.6 Å². The van der Waals surface area contributed by atoms with Gasteiger partial charge in [0, 0.05) is 37.6 Å². The molecule has 6 rings (SSSR count). The number of hydrogen-bond acceptors (Lipinski definition) is 3. The van der Waals surface area contributed by atoms with Gasteiger partial charge in [0.2, 0.25) is 0 Å². The largest absolute Gasteiger partial charge is 0.372 e. The highest BCUT2D eigenvalue weighted by molar-refractivity contribution is 6.02. The van der Waals surface area contributed by atoms with Crippen molar-refractivity contribution >= 4 is 39.7 Å². The highest BCUT2D eigenvalue weighted by Gasteiger charge is 2.17. The van der Waals surface area contributed by atoms with Crippen LogP contribution in [0.15, 0.2) is 109 Å². The third-order valence-electron chi connectivity index (χ3n) is 9.81. The summed E-state index contributed by atoms with van der Waals surface area (Å²) in [5.41, 5.74) is 13.3. The van der Waals surface area contributed by atoms with Gasteiger partial charge in [0.1, 0.15) is 6.79 Å². The van der Waals surface area contributed by atoms with Crippen molar-refractivity contribution in [2.75, 3.05) is 36.0 Å². The summed E-state index contributed by atoms with van der Waals surface area (Å²) in [6, 6.07) is 40.9. The van der Waals surface area contributed by atoms with Crippen molar-refractivity contribution in [2.45, 2.75) is 48.0 Å². The summed E-state index contributed by atoms with van der Waals surface area (Å²) in [7, 11) is 0. The summed E-state index contributed by atoms with van der Waals surface area (Å²) >= 11 is 0. The number of benzene rings is 6. The third-order valence-corrected chi connectivity index (χ3v) is 9.81. The Balaban J connectivity index is 0.00000213. The van der Waals surface area contributed by atoms with Crippen molar-refractivity contribution < 1.29 is 4.79 Å². The molecule has 0 fully saturated rings. The molecule has 0 aliphatic rings. The molecule has 0 atom stereocenters. The molecule has 0 bridgehead atoms. The number of rotatable bonds is 10. The number of hydrogen-bond donors (Lipinski definition) is 0. The van der Waals surface area contributed by atoms with Crippen LogP contribution in [-0.4, -0.2) is 33.0 Å². The molecule has 0 saturated carbocycles. The molecule has 0 saturated heterocycles. The van der Waals surface area contributed by atoms with Gasteiger partial charge in [-0.2, -0.15) is 0 Å². The molecule has 0 radical (unpaired) electrons. The van der Waals surface area contributed by atoms with Crippen molar-refractivity contribution in [3.63, 3.8) is 0 Å². The van der Waals surface area contributed by atoms with Crippen molar-refractivity contribution in [1.29, 1.82) is 0 Å². The minimum atomic E-state index is 0.887. The Kier molecular flexibility index (Phi) is 10.8. The first kappa shape index (κ1) is 33.5. The van der Waals surface area contributed by atoms with E-state index in [2.05, 4.69) is 161 Å². The van der Waals surface area contributed by atoms with E-state index in [1.54, 1.807) is 0 Å². The van der Waals surface area contributed by atoms with Crippen LogP contribution in [0.4, 0.5) is 11.4 Å². The second-order valence-electron chi connectivity index (χ2n) is 12.1. The lowest BCUT2D eigenvalue weighted by Gasteiger charge is -2.25. The molecule has 0 unspecified atom stereocenters. The summed E-state index contributed by atoms with van der Waals surface area (Å²) in [6.45, 7) is 19.5. The SMILES string of the molecule is C=O.CCN(CC)c1cccc(-c2ccc(Cc3ccc(-c4cccc(N(CC)CC)c4C)c4ccccc34)c3ccccc23)c1C. The zero-order chi connectivity index (χ0) is 33.5. The van der Waals surface area contributed by atoms with E-state index in [9.17, 15) is 0 Å². The molecule has 6 aromatic carbocycles. The van der Waals surface area contributed by atoms with Crippen molar-refractivity contribution in [3.8, 4) is 22.3 Å². The Bertz CT molecular complexity index is 1840. The third kappa shape index (κ3) is 6.40. The lowest BCUT2D eigenvalue weighted by atomic mass is 9.87. The van der Waals surface area contributed by atoms with Gasteiger partial charge in [-0.15, -0.1) is 0 Å². The summed E-state index contributed by atoms with van der Waals surface area (Å²) < 4.78 is 0. The van der Waals surface area contributed by atoms with E-state index in [1.165, 1.54) is 77.4 Å². The highest BCUT2D eigenvalue weighted by Crippen LogP contribution is 2.39. The van der Waals surface area contributed by atoms with E-state index in [-0.39, 0.29) is 0 Å². The molecule has 0 aromatic heterocycles. The average molecular weight is 621 g/mol. The number of carbonyl (C=O) groups excluding carboxylic acids is 1. The lowest BCUT2D eigenvalue weighted by Crippen LogP contribution is -2.22. The van der Waals surface area contributed by atoms with E-state index in [0.29, 0.717) is 0 Å². The Hall–Kier alpha value is -4.89. The molecule has 6 aromatic rings. The maximum atomic E-state index is 8.00. The number of fused-ring (bicyclic) bond motifs is 2. The quantitative estimate of drug-likeness (QED) is 0.152. The molecular formula is C44H48N2O. The molecule has 0 aliphatic heterocycles. The van der Waals surface area contributed by atoms with Crippen LogP contribution in [0.2, 0.25) is 0 Å². The summed E-state index contributed by atoms with van der Waals surface area (Å²) in [4.78, 5) is 12.9. The molecule has 240 valence electrons. The van der Waals surface area contributed by atoms with Crippen molar-refractivity contribution in [3.05, 3.63) is 131 Å². The molecule has 0 N–H and O–H groups in total. The van der Waals surface area contributed by atoms with Gasteiger partial charge >= 0.3 is 0 Å². The maximum Gasteiger partial charge on any atom is 0.106 e. The van der Waals surface area contributed by atoms with Crippen LogP contribution in [-0.2, 0) is 11.2 Å².